The fourth-order valence-corrected chi connectivity index (χ4v) is 8.91. The van der Waals surface area contributed by atoms with E-state index in [0.717, 1.165) is 21.9 Å². The van der Waals surface area contributed by atoms with Crippen LogP contribution in [0.3, 0.4) is 0 Å². The van der Waals surface area contributed by atoms with Gasteiger partial charge in [0.25, 0.3) is 0 Å². The van der Waals surface area contributed by atoms with Crippen LogP contribution in [0.25, 0.3) is 16.3 Å². The lowest BCUT2D eigenvalue weighted by Crippen LogP contribution is -2.62. The Morgan fingerprint density at radius 1 is 1.15 bits per heavy atom. The summed E-state index contributed by atoms with van der Waals surface area (Å²) in [5, 5.41) is 24.1. The predicted molar refractivity (Wildman–Crippen MR) is 147 cm³/mol. The summed E-state index contributed by atoms with van der Waals surface area (Å²) in [6, 6.07) is 7.29. The number of rotatable bonds is 2. The van der Waals surface area contributed by atoms with E-state index in [1.54, 1.807) is 12.3 Å². The van der Waals surface area contributed by atoms with Crippen molar-refractivity contribution in [3.8, 4) is 0 Å². The van der Waals surface area contributed by atoms with E-state index in [-0.39, 0.29) is 24.0 Å². The van der Waals surface area contributed by atoms with E-state index >= 15 is 0 Å². The molecular formula is C31H32ClF3N2O3. The molecule has 2 fully saturated rings. The summed E-state index contributed by atoms with van der Waals surface area (Å²) in [5.74, 6) is -0.202. The largest absolute Gasteiger partial charge is 0.413 e. The number of pyridine rings is 1. The minimum atomic E-state index is -4.57. The normalized spacial score (nSPS) is 38.8. The van der Waals surface area contributed by atoms with E-state index in [0.29, 0.717) is 36.4 Å². The maximum atomic E-state index is 14.9. The number of nitrogens with zero attached hydrogens (tertiary/aromatic N) is 2. The molecule has 1 saturated carbocycles. The van der Waals surface area contributed by atoms with Crippen molar-refractivity contribution in [2.24, 2.45) is 11.3 Å². The van der Waals surface area contributed by atoms with Crippen molar-refractivity contribution >= 4 is 27.9 Å². The van der Waals surface area contributed by atoms with E-state index in [9.17, 15) is 23.4 Å². The van der Waals surface area contributed by atoms with E-state index in [2.05, 4.69) is 11.1 Å². The van der Waals surface area contributed by atoms with Crippen molar-refractivity contribution in [1.82, 2.24) is 9.88 Å². The molecule has 1 aromatic carbocycles. The molecule has 5 aliphatic rings. The van der Waals surface area contributed by atoms with Crippen LogP contribution in [0.15, 0.2) is 59.3 Å². The first-order valence-electron chi connectivity index (χ1n) is 13.8. The Kier molecular flexibility index (Phi) is 5.61. The molecule has 2 aromatic rings. The lowest BCUT2D eigenvalue weighted by molar-refractivity contribution is -0.170. The SMILES string of the molecule is CN(C)C1CC23CCC4(O2)C(=C(C(F)(F)F)CC2(C)C(c5ccc6c(Cl)nccc6c5)=CCC24)C=C3C(O)C1O. The number of hydrogen-bond donors (Lipinski definition) is 2. The Bertz CT molecular complexity index is 1530. The maximum Gasteiger partial charge on any atom is 0.413 e. The zero-order valence-electron chi connectivity index (χ0n) is 22.6. The van der Waals surface area contributed by atoms with Crippen LogP contribution >= 0.6 is 11.6 Å². The Morgan fingerprint density at radius 3 is 2.65 bits per heavy atom. The van der Waals surface area contributed by atoms with Crippen molar-refractivity contribution in [3.63, 3.8) is 0 Å². The maximum absolute atomic E-state index is 14.9. The molecular weight excluding hydrogens is 541 g/mol. The molecule has 40 heavy (non-hydrogen) atoms. The lowest BCUT2D eigenvalue weighted by atomic mass is 9.56. The van der Waals surface area contributed by atoms with Crippen molar-refractivity contribution in [1.29, 1.82) is 0 Å². The molecule has 5 nitrogen and oxygen atoms in total. The lowest BCUT2D eigenvalue weighted by Gasteiger charge is -2.57. The number of aromatic nitrogens is 1. The van der Waals surface area contributed by atoms with Gasteiger partial charge in [-0.1, -0.05) is 42.8 Å². The van der Waals surface area contributed by atoms with Gasteiger partial charge < -0.3 is 19.8 Å². The predicted octanol–water partition coefficient (Wildman–Crippen LogP) is 5.84. The van der Waals surface area contributed by atoms with Crippen molar-refractivity contribution in [2.45, 2.75) is 74.7 Å². The molecule has 1 saturated heterocycles. The van der Waals surface area contributed by atoms with E-state index in [1.165, 1.54) is 0 Å². The molecule has 2 N–H and O–H groups in total. The molecule has 0 amide bonds. The number of aliphatic hydroxyl groups excluding tert-OH is 2. The standard InChI is InChI=1S/C31H32ClF3N2O3/c1-28-14-22(31(33,34)35)20-13-21-25(38)26(39)23(37(2)3)15-29(21)9-10-30(20,40-29)24(28)7-6-19(28)17-4-5-18-16(12-17)8-11-36-27(18)32/h4-6,8,11-13,23-26,38-39H,7,9-10,14-15H2,1-3H3. The topological polar surface area (TPSA) is 65.8 Å². The van der Waals surface area contributed by atoms with E-state index in [4.69, 9.17) is 16.3 Å². The average Bonchev–Trinajstić information content (AvgIpc) is 3.40. The molecule has 3 aliphatic carbocycles. The molecule has 2 spiro atoms. The number of alkyl halides is 3. The monoisotopic (exact) mass is 572 g/mol. The highest BCUT2D eigenvalue weighted by Gasteiger charge is 2.69. The number of allylic oxidation sites excluding steroid dienone is 3. The summed E-state index contributed by atoms with van der Waals surface area (Å²) in [6.07, 6.45) is 0.0899. The summed E-state index contributed by atoms with van der Waals surface area (Å²) in [4.78, 5) is 6.00. The second-order valence-electron chi connectivity index (χ2n) is 12.7. The Morgan fingerprint density at radius 2 is 1.93 bits per heavy atom. The van der Waals surface area contributed by atoms with E-state index < -0.39 is 40.6 Å². The van der Waals surface area contributed by atoms with Gasteiger partial charge in [-0.2, -0.15) is 13.2 Å². The Labute approximate surface area is 236 Å². The van der Waals surface area contributed by atoms with Crippen molar-refractivity contribution in [2.75, 3.05) is 14.1 Å². The molecule has 2 aliphatic heterocycles. The molecule has 212 valence electrons. The fraction of sp³-hybridized carbons (Fsp3) is 0.516. The number of halogens is 4. The van der Waals surface area contributed by atoms with Crippen LogP contribution in [0.1, 0.15) is 44.6 Å². The smallest absolute Gasteiger partial charge is 0.388 e. The molecule has 3 heterocycles. The molecule has 0 radical (unpaired) electrons. The highest BCUT2D eigenvalue weighted by Crippen LogP contribution is 2.70. The number of likely N-dealkylation sites (N-methyl/N-ethyl adjacent to an activating group) is 1. The van der Waals surface area contributed by atoms with Gasteiger partial charge in [0, 0.05) is 34.5 Å². The summed E-state index contributed by atoms with van der Waals surface area (Å²) in [6.45, 7) is 1.95. The molecule has 9 heteroatoms. The number of fused-ring (bicyclic) bond motifs is 2. The van der Waals surface area contributed by atoms with Crippen molar-refractivity contribution in [3.05, 3.63) is 70.1 Å². The van der Waals surface area contributed by atoms with Crippen LogP contribution < -0.4 is 0 Å². The van der Waals surface area contributed by atoms with E-state index in [1.807, 2.05) is 50.2 Å². The Balaban J connectivity index is 1.39. The van der Waals surface area contributed by atoms with Gasteiger partial charge in [0.05, 0.1) is 17.3 Å². The van der Waals surface area contributed by atoms with Crippen LogP contribution in [0.4, 0.5) is 13.2 Å². The molecule has 7 atom stereocenters. The van der Waals surface area contributed by atoms with Crippen molar-refractivity contribution < 1.29 is 28.1 Å². The van der Waals surface area contributed by atoms with Gasteiger partial charge in [-0.15, -0.1) is 0 Å². The van der Waals surface area contributed by atoms with Gasteiger partial charge >= 0.3 is 6.18 Å². The second-order valence-corrected chi connectivity index (χ2v) is 13.0. The van der Waals surface area contributed by atoms with Crippen LogP contribution in [-0.2, 0) is 4.74 Å². The zero-order chi connectivity index (χ0) is 28.4. The zero-order valence-corrected chi connectivity index (χ0v) is 23.4. The minimum absolute atomic E-state index is 0.145. The van der Waals surface area contributed by atoms with Gasteiger partial charge in [0.1, 0.15) is 11.3 Å². The highest BCUT2D eigenvalue weighted by molar-refractivity contribution is 6.34. The Hall–Kier alpha value is -2.23. The minimum Gasteiger partial charge on any atom is -0.388 e. The molecule has 7 unspecified atom stereocenters. The summed E-state index contributed by atoms with van der Waals surface area (Å²) in [7, 11) is 3.68. The molecule has 7 rings (SSSR count). The number of benzene rings is 1. The third-order valence-corrected chi connectivity index (χ3v) is 10.8. The second kappa shape index (κ2) is 8.42. The van der Waals surface area contributed by atoms with Gasteiger partial charge in [0.15, 0.2) is 0 Å². The highest BCUT2D eigenvalue weighted by atomic mass is 35.5. The first kappa shape index (κ1) is 26.7. The quantitative estimate of drug-likeness (QED) is 0.442. The average molecular weight is 573 g/mol. The summed E-state index contributed by atoms with van der Waals surface area (Å²) < 4.78 is 51.7. The third kappa shape index (κ3) is 3.40. The third-order valence-electron chi connectivity index (χ3n) is 10.5. The first-order chi connectivity index (χ1) is 18.8. The van der Waals surface area contributed by atoms with Crippen LogP contribution in [-0.4, -0.2) is 69.8 Å². The van der Waals surface area contributed by atoms with Crippen LogP contribution in [0.5, 0.6) is 0 Å². The molecule has 2 bridgehead atoms. The van der Waals surface area contributed by atoms with Gasteiger partial charge in [-0.3, -0.25) is 0 Å². The first-order valence-corrected chi connectivity index (χ1v) is 14.2. The van der Waals surface area contributed by atoms with Gasteiger partial charge in [-0.25, -0.2) is 4.98 Å². The number of ether oxygens (including phenoxy) is 1. The number of hydrogen-bond acceptors (Lipinski definition) is 5. The fourth-order valence-electron chi connectivity index (χ4n) is 8.69. The molecule has 1 aromatic heterocycles. The van der Waals surface area contributed by atoms with Gasteiger partial charge in [0.2, 0.25) is 0 Å². The summed E-state index contributed by atoms with van der Waals surface area (Å²) in [5.41, 5.74) is -1.12. The van der Waals surface area contributed by atoms with Crippen LogP contribution in [0.2, 0.25) is 5.15 Å². The number of aliphatic hydroxyl groups is 2. The summed E-state index contributed by atoms with van der Waals surface area (Å²) >= 11 is 6.28. The van der Waals surface area contributed by atoms with Gasteiger partial charge in [-0.05, 0) is 86.0 Å². The van der Waals surface area contributed by atoms with Crippen LogP contribution in [0, 0.1) is 11.3 Å².